The normalized spacial score (nSPS) is 19.3. The summed E-state index contributed by atoms with van der Waals surface area (Å²) in [6.07, 6.45) is 0. The minimum absolute atomic E-state index is 0.159. The summed E-state index contributed by atoms with van der Waals surface area (Å²) in [4.78, 5) is 27.6. The van der Waals surface area contributed by atoms with E-state index in [1.54, 1.807) is 28.8 Å². The molecular weight excluding hydrogens is 426 g/mol. The number of thioether (sulfide) groups is 1. The number of nitrogens with zero attached hydrogens (tertiary/aromatic N) is 1. The number of amides is 1. The predicted molar refractivity (Wildman–Crippen MR) is 112 cm³/mol. The largest absolute Gasteiger partial charge is 0.464 e. The van der Waals surface area contributed by atoms with Gasteiger partial charge in [-0.15, -0.1) is 11.8 Å². The molecule has 1 amide bonds. The van der Waals surface area contributed by atoms with Crippen molar-refractivity contribution in [2.75, 3.05) is 12.4 Å². The third kappa shape index (κ3) is 4.74. The maximum absolute atomic E-state index is 13.3. The van der Waals surface area contributed by atoms with E-state index in [0.717, 1.165) is 10.0 Å². The molecule has 0 saturated carbocycles. The third-order valence-electron chi connectivity index (χ3n) is 4.24. The molecule has 1 heterocycles. The van der Waals surface area contributed by atoms with Crippen molar-refractivity contribution >= 4 is 39.6 Å². The summed E-state index contributed by atoms with van der Waals surface area (Å²) in [6, 6.07) is 16.4. The average molecular weight is 448 g/mol. The second-order valence-electron chi connectivity index (χ2n) is 6.86. The van der Waals surface area contributed by atoms with Crippen LogP contribution < -0.4 is 0 Å². The van der Waals surface area contributed by atoms with Gasteiger partial charge in [0.05, 0.1) is 6.61 Å². The Balaban J connectivity index is 1.90. The lowest BCUT2D eigenvalue weighted by atomic mass is 10.1. The Kier molecular flexibility index (Phi) is 6.60. The van der Waals surface area contributed by atoms with Crippen molar-refractivity contribution in [3.63, 3.8) is 0 Å². The molecule has 1 aliphatic heterocycles. The van der Waals surface area contributed by atoms with E-state index >= 15 is 0 Å². The Morgan fingerprint density at radius 2 is 1.81 bits per heavy atom. The van der Waals surface area contributed by atoms with Crippen LogP contribution in [0.25, 0.3) is 0 Å². The molecule has 1 fully saturated rings. The van der Waals surface area contributed by atoms with Gasteiger partial charge >= 0.3 is 5.97 Å². The highest BCUT2D eigenvalue weighted by Gasteiger charge is 2.43. The highest BCUT2D eigenvalue weighted by Crippen LogP contribution is 2.42. The lowest BCUT2D eigenvalue weighted by molar-refractivity contribution is -0.149. The van der Waals surface area contributed by atoms with Crippen molar-refractivity contribution in [1.82, 2.24) is 4.90 Å². The van der Waals surface area contributed by atoms with Gasteiger partial charge in [-0.3, -0.25) is 4.79 Å². The molecule has 3 rings (SSSR count). The quantitative estimate of drug-likeness (QED) is 0.611. The van der Waals surface area contributed by atoms with Gasteiger partial charge in [0.1, 0.15) is 11.4 Å². The van der Waals surface area contributed by atoms with E-state index in [1.807, 2.05) is 56.3 Å². The number of carbonyl (C=O) groups excluding carboxylic acids is 2. The molecule has 2 aromatic rings. The number of hydrogen-bond acceptors (Lipinski definition) is 4. The van der Waals surface area contributed by atoms with E-state index in [1.165, 1.54) is 0 Å². The molecule has 2 unspecified atom stereocenters. The molecule has 27 heavy (non-hydrogen) atoms. The van der Waals surface area contributed by atoms with Crippen LogP contribution in [0.15, 0.2) is 59.1 Å². The van der Waals surface area contributed by atoms with Crippen molar-refractivity contribution in [3.05, 3.63) is 70.2 Å². The van der Waals surface area contributed by atoms with Gasteiger partial charge in [0.2, 0.25) is 0 Å². The summed E-state index contributed by atoms with van der Waals surface area (Å²) in [5, 5.41) is -0.209. The van der Waals surface area contributed by atoms with Gasteiger partial charge in [0.15, 0.2) is 0 Å². The average Bonchev–Trinajstić information content (AvgIpc) is 3.12. The number of carbonyl (C=O) groups is 2. The summed E-state index contributed by atoms with van der Waals surface area (Å²) >= 11 is 4.99. The number of rotatable bonds is 5. The number of halogens is 1. The van der Waals surface area contributed by atoms with Crippen LogP contribution in [0.3, 0.4) is 0 Å². The molecule has 0 spiro atoms. The second-order valence-corrected chi connectivity index (χ2v) is 8.88. The molecule has 1 saturated heterocycles. The van der Waals surface area contributed by atoms with Crippen molar-refractivity contribution < 1.29 is 14.3 Å². The van der Waals surface area contributed by atoms with Crippen LogP contribution in [0.2, 0.25) is 0 Å². The van der Waals surface area contributed by atoms with Gasteiger partial charge in [-0.25, -0.2) is 4.79 Å². The van der Waals surface area contributed by atoms with E-state index in [-0.39, 0.29) is 23.2 Å². The van der Waals surface area contributed by atoms with Crippen LogP contribution >= 0.6 is 27.7 Å². The van der Waals surface area contributed by atoms with E-state index < -0.39 is 6.04 Å². The molecule has 4 nitrogen and oxygen atoms in total. The smallest absolute Gasteiger partial charge is 0.329 e. The van der Waals surface area contributed by atoms with E-state index in [4.69, 9.17) is 4.74 Å². The van der Waals surface area contributed by atoms with Crippen molar-refractivity contribution in [2.24, 2.45) is 5.92 Å². The zero-order valence-electron chi connectivity index (χ0n) is 15.3. The fraction of sp³-hybridized carbons (Fsp3) is 0.333. The number of hydrogen-bond donors (Lipinski definition) is 0. The standard InChI is InChI=1S/C21H22BrNO3S/c1-14(2)12-26-21(25)18-13-27-20(16-6-4-3-5-7-16)23(18)19(24)15-8-10-17(22)11-9-15/h3-11,14,18,20H,12-13H2,1-2H3. The van der Waals surface area contributed by atoms with Crippen molar-refractivity contribution in [2.45, 2.75) is 25.3 Å². The van der Waals surface area contributed by atoms with Gasteiger partial charge < -0.3 is 9.64 Å². The van der Waals surface area contributed by atoms with Crippen molar-refractivity contribution in [1.29, 1.82) is 0 Å². The fourth-order valence-electron chi connectivity index (χ4n) is 2.90. The lowest BCUT2D eigenvalue weighted by Gasteiger charge is -2.29. The number of ether oxygens (including phenoxy) is 1. The Morgan fingerprint density at radius 1 is 1.15 bits per heavy atom. The highest BCUT2D eigenvalue weighted by atomic mass is 79.9. The van der Waals surface area contributed by atoms with Crippen LogP contribution in [0.5, 0.6) is 0 Å². The topological polar surface area (TPSA) is 46.6 Å². The molecule has 0 aliphatic carbocycles. The second kappa shape index (κ2) is 8.93. The first-order chi connectivity index (χ1) is 13.0. The van der Waals surface area contributed by atoms with Gasteiger partial charge in [0, 0.05) is 15.8 Å². The Morgan fingerprint density at radius 3 is 2.44 bits per heavy atom. The first-order valence-electron chi connectivity index (χ1n) is 8.89. The van der Waals surface area contributed by atoms with Crippen LogP contribution in [0.1, 0.15) is 35.1 Å². The fourth-order valence-corrected chi connectivity index (χ4v) is 4.58. The van der Waals surface area contributed by atoms with E-state index in [9.17, 15) is 9.59 Å². The van der Waals surface area contributed by atoms with Crippen LogP contribution in [0.4, 0.5) is 0 Å². The molecule has 6 heteroatoms. The summed E-state index contributed by atoms with van der Waals surface area (Å²) in [7, 11) is 0. The first-order valence-corrected chi connectivity index (χ1v) is 10.7. The van der Waals surface area contributed by atoms with Crippen LogP contribution in [-0.2, 0) is 9.53 Å². The minimum atomic E-state index is -0.588. The molecule has 0 bridgehead atoms. The van der Waals surface area contributed by atoms with Crippen molar-refractivity contribution in [3.8, 4) is 0 Å². The van der Waals surface area contributed by atoms with Gasteiger partial charge in [-0.05, 0) is 35.7 Å². The number of benzene rings is 2. The Hall–Kier alpha value is -1.79. The molecule has 1 aliphatic rings. The van der Waals surface area contributed by atoms with Crippen LogP contribution in [0, 0.1) is 5.92 Å². The zero-order chi connectivity index (χ0) is 19.4. The monoisotopic (exact) mass is 447 g/mol. The first kappa shape index (κ1) is 20.0. The maximum Gasteiger partial charge on any atom is 0.329 e. The SMILES string of the molecule is CC(C)COC(=O)C1CSC(c2ccccc2)N1C(=O)c1ccc(Br)cc1. The van der Waals surface area contributed by atoms with Gasteiger partial charge in [-0.1, -0.05) is 60.1 Å². The zero-order valence-corrected chi connectivity index (χ0v) is 17.7. The molecule has 0 radical (unpaired) electrons. The predicted octanol–water partition coefficient (Wildman–Crippen LogP) is 4.90. The lowest BCUT2D eigenvalue weighted by Crippen LogP contribution is -2.44. The number of esters is 1. The molecule has 0 N–H and O–H groups in total. The molecular formula is C21H22BrNO3S. The maximum atomic E-state index is 13.3. The summed E-state index contributed by atoms with van der Waals surface area (Å²) < 4.78 is 6.36. The minimum Gasteiger partial charge on any atom is -0.464 e. The van der Waals surface area contributed by atoms with E-state index in [2.05, 4.69) is 15.9 Å². The molecule has 2 atom stereocenters. The summed E-state index contributed by atoms with van der Waals surface area (Å²) in [5.41, 5.74) is 1.57. The molecule has 2 aromatic carbocycles. The van der Waals surface area contributed by atoms with Gasteiger partial charge in [-0.2, -0.15) is 0 Å². The highest BCUT2D eigenvalue weighted by molar-refractivity contribution is 9.10. The Bertz CT molecular complexity index is 795. The summed E-state index contributed by atoms with van der Waals surface area (Å²) in [5.74, 6) is 0.287. The Labute approximate surface area is 172 Å². The third-order valence-corrected chi connectivity index (χ3v) is 6.09. The van der Waals surface area contributed by atoms with Gasteiger partial charge in [0.25, 0.3) is 5.91 Å². The van der Waals surface area contributed by atoms with Crippen LogP contribution in [-0.4, -0.2) is 35.2 Å². The van der Waals surface area contributed by atoms with E-state index in [0.29, 0.717) is 17.9 Å². The summed E-state index contributed by atoms with van der Waals surface area (Å²) in [6.45, 7) is 4.35. The molecule has 0 aromatic heterocycles. The molecule has 142 valence electrons.